The number of hydrogen-bond donors (Lipinski definition) is 0. The summed E-state index contributed by atoms with van der Waals surface area (Å²) >= 11 is 0. The third-order valence-corrected chi connectivity index (χ3v) is 4.20. The summed E-state index contributed by atoms with van der Waals surface area (Å²) < 4.78 is 12.4. The van der Waals surface area contributed by atoms with Gasteiger partial charge in [-0.1, -0.05) is 65.2 Å². The molecule has 0 amide bonds. The first-order chi connectivity index (χ1) is 9.62. The lowest BCUT2D eigenvalue weighted by molar-refractivity contribution is -0.334. The van der Waals surface area contributed by atoms with Crippen LogP contribution in [-0.2, 0) is 9.00 Å². The summed E-state index contributed by atoms with van der Waals surface area (Å²) in [7, 11) is 0. The number of carbonyl (C=O) groups excluding carboxylic acids is 1. The van der Waals surface area contributed by atoms with Crippen molar-refractivity contribution in [1.29, 1.82) is 0 Å². The first-order valence-corrected chi connectivity index (χ1v) is 8.69. The van der Waals surface area contributed by atoms with Crippen molar-refractivity contribution in [2.45, 2.75) is 91.7 Å². The molecule has 3 heteroatoms. The van der Waals surface area contributed by atoms with Crippen LogP contribution in [0.3, 0.4) is 0 Å². The van der Waals surface area contributed by atoms with E-state index in [4.69, 9.17) is 9.00 Å². The van der Waals surface area contributed by atoms with E-state index in [1.165, 1.54) is 51.4 Å². The quantitative estimate of drug-likeness (QED) is 0.288. The molecule has 0 fully saturated rings. The van der Waals surface area contributed by atoms with Crippen LogP contribution in [0, 0.1) is 0 Å². The summed E-state index contributed by atoms with van der Waals surface area (Å²) in [6.45, 7) is 7.50. The SMILES string of the molecule is CCCCCC[B-]1(CCCCCC)OC(C)=CC(C)=[O+]1. The molecule has 1 aliphatic rings. The molecule has 0 spiro atoms. The Bertz CT molecular complexity index is 322. The van der Waals surface area contributed by atoms with Crippen LogP contribution in [0.5, 0.6) is 0 Å². The van der Waals surface area contributed by atoms with E-state index >= 15 is 0 Å². The third kappa shape index (κ3) is 6.15. The van der Waals surface area contributed by atoms with Gasteiger partial charge in [-0.3, -0.25) is 0 Å². The van der Waals surface area contributed by atoms with Gasteiger partial charge in [-0.2, -0.15) is 0 Å². The van der Waals surface area contributed by atoms with Crippen LogP contribution >= 0.6 is 0 Å². The Morgan fingerprint density at radius 3 is 1.90 bits per heavy atom. The van der Waals surface area contributed by atoms with Crippen molar-refractivity contribution in [2.75, 3.05) is 0 Å². The van der Waals surface area contributed by atoms with Gasteiger partial charge in [-0.25, -0.2) is 0 Å². The van der Waals surface area contributed by atoms with Gasteiger partial charge in [0.05, 0.1) is 11.8 Å². The molecular weight excluding hydrogens is 247 g/mol. The Morgan fingerprint density at radius 1 is 0.900 bits per heavy atom. The molecule has 1 aliphatic heterocycles. The fourth-order valence-electron chi connectivity index (χ4n) is 3.20. The highest BCUT2D eigenvalue weighted by Crippen LogP contribution is 2.28. The lowest BCUT2D eigenvalue weighted by Crippen LogP contribution is -2.42. The summed E-state index contributed by atoms with van der Waals surface area (Å²) in [5.74, 6) is 2.06. The van der Waals surface area contributed by atoms with Crippen LogP contribution in [-0.4, -0.2) is 12.3 Å². The molecule has 0 saturated heterocycles. The highest BCUT2D eigenvalue weighted by molar-refractivity contribution is 6.65. The van der Waals surface area contributed by atoms with Crippen molar-refractivity contribution in [3.8, 4) is 0 Å². The molecule has 0 atom stereocenters. The first-order valence-electron chi connectivity index (χ1n) is 8.69. The molecule has 2 nitrogen and oxygen atoms in total. The zero-order valence-corrected chi connectivity index (χ0v) is 14.0. The molecule has 0 N–H and O–H groups in total. The maximum Gasteiger partial charge on any atom is 0.590 e. The van der Waals surface area contributed by atoms with Crippen LogP contribution in [0.2, 0.25) is 12.6 Å². The molecule has 1 heterocycles. The number of ketones is 1. The van der Waals surface area contributed by atoms with Gasteiger partial charge in [-0.05, 0) is 19.6 Å². The Morgan fingerprint density at radius 2 is 1.45 bits per heavy atom. The van der Waals surface area contributed by atoms with E-state index in [2.05, 4.69) is 27.7 Å². The van der Waals surface area contributed by atoms with E-state index < -0.39 is 6.55 Å². The van der Waals surface area contributed by atoms with Crippen molar-refractivity contribution in [2.24, 2.45) is 0 Å². The second-order valence-corrected chi connectivity index (χ2v) is 6.35. The van der Waals surface area contributed by atoms with Crippen LogP contribution in [0.4, 0.5) is 0 Å². The van der Waals surface area contributed by atoms with Crippen molar-refractivity contribution >= 4 is 12.3 Å². The Kier molecular flexibility index (Phi) is 8.02. The van der Waals surface area contributed by atoms with Gasteiger partial charge in [-0.15, -0.1) is 0 Å². The number of hydrogen-bond acceptors (Lipinski definition) is 1. The molecule has 0 aromatic rings. The summed E-state index contributed by atoms with van der Waals surface area (Å²) in [4.78, 5) is 0. The van der Waals surface area contributed by atoms with Gasteiger partial charge in [0.15, 0.2) is 0 Å². The molecular formula is C17H33BO2. The summed E-state index contributed by atoms with van der Waals surface area (Å²) in [5.41, 5.74) is 0. The molecule has 0 aromatic heterocycles. The van der Waals surface area contributed by atoms with E-state index in [0.717, 1.165) is 24.2 Å². The van der Waals surface area contributed by atoms with Gasteiger partial charge < -0.3 is 9.00 Å². The molecule has 0 bridgehead atoms. The van der Waals surface area contributed by atoms with Gasteiger partial charge in [0.1, 0.15) is 0 Å². The van der Waals surface area contributed by atoms with Gasteiger partial charge in [0.25, 0.3) is 0 Å². The van der Waals surface area contributed by atoms with E-state index in [-0.39, 0.29) is 0 Å². The molecule has 116 valence electrons. The number of rotatable bonds is 10. The van der Waals surface area contributed by atoms with E-state index in [9.17, 15) is 0 Å². The minimum absolute atomic E-state index is 1.03. The highest BCUT2D eigenvalue weighted by atomic mass is 16.6. The zero-order chi connectivity index (χ0) is 14.8. The molecule has 0 saturated carbocycles. The largest absolute Gasteiger partial charge is 0.637 e. The fraction of sp³-hybridized carbons (Fsp3) is 0.824. The minimum atomic E-state index is -1.12. The van der Waals surface area contributed by atoms with Gasteiger partial charge >= 0.3 is 6.55 Å². The number of unbranched alkanes of at least 4 members (excludes halogenated alkanes) is 6. The van der Waals surface area contributed by atoms with E-state index in [1.807, 2.05) is 6.08 Å². The van der Waals surface area contributed by atoms with Crippen molar-refractivity contribution in [3.63, 3.8) is 0 Å². The Balaban J connectivity index is 2.56. The monoisotopic (exact) mass is 280 g/mol. The second-order valence-electron chi connectivity index (χ2n) is 6.35. The topological polar surface area (TPSA) is 20.5 Å². The molecule has 0 radical (unpaired) electrons. The highest BCUT2D eigenvalue weighted by Gasteiger charge is 2.44. The molecule has 20 heavy (non-hydrogen) atoms. The van der Waals surface area contributed by atoms with Gasteiger partial charge in [0, 0.05) is 6.92 Å². The standard InChI is InChI=1S/C17H33BO2/c1-5-7-9-11-13-18(14-12-10-8-6-2)19-16(3)15-17(4)20-18/h15H,5-14H2,1-4H3. The first kappa shape index (κ1) is 17.3. The maximum absolute atomic E-state index is 6.19. The van der Waals surface area contributed by atoms with E-state index in [0.29, 0.717) is 0 Å². The average Bonchev–Trinajstić information content (AvgIpc) is 2.39. The Hall–Kier alpha value is -0.725. The van der Waals surface area contributed by atoms with Crippen molar-refractivity contribution in [3.05, 3.63) is 11.8 Å². The third-order valence-electron chi connectivity index (χ3n) is 4.20. The number of allylic oxidation sites excluding steroid dienone is 2. The summed E-state index contributed by atoms with van der Waals surface area (Å²) in [6.07, 6.45) is 14.4. The predicted molar refractivity (Wildman–Crippen MR) is 89.2 cm³/mol. The zero-order valence-electron chi connectivity index (χ0n) is 14.0. The molecule has 0 aromatic carbocycles. The lowest BCUT2D eigenvalue weighted by Gasteiger charge is -2.31. The van der Waals surface area contributed by atoms with Crippen LogP contribution in [0.1, 0.15) is 79.1 Å². The predicted octanol–water partition coefficient (Wildman–Crippen LogP) is 5.65. The maximum atomic E-state index is 6.19. The minimum Gasteiger partial charge on any atom is -0.637 e. The lowest BCUT2D eigenvalue weighted by atomic mass is 9.49. The van der Waals surface area contributed by atoms with Crippen molar-refractivity contribution in [1.82, 2.24) is 0 Å². The molecule has 1 rings (SSSR count). The van der Waals surface area contributed by atoms with Gasteiger partial charge in [0.2, 0.25) is 5.78 Å². The van der Waals surface area contributed by atoms with E-state index in [1.54, 1.807) is 0 Å². The summed E-state index contributed by atoms with van der Waals surface area (Å²) in [6, 6.07) is 0. The van der Waals surface area contributed by atoms with Crippen molar-refractivity contribution < 1.29 is 9.00 Å². The fourth-order valence-corrected chi connectivity index (χ4v) is 3.20. The average molecular weight is 280 g/mol. The van der Waals surface area contributed by atoms with Crippen LogP contribution in [0.25, 0.3) is 0 Å². The van der Waals surface area contributed by atoms with Crippen LogP contribution in [0.15, 0.2) is 11.8 Å². The van der Waals surface area contributed by atoms with Crippen LogP contribution < -0.4 is 0 Å². The molecule has 0 aliphatic carbocycles. The second kappa shape index (κ2) is 9.25. The molecule has 0 unspecified atom stereocenters. The normalized spacial score (nSPS) is 17.4. The smallest absolute Gasteiger partial charge is 0.590 e. The summed E-state index contributed by atoms with van der Waals surface area (Å²) in [5, 5.41) is 0. The Labute approximate surface area is 125 Å².